The number of pyridine rings is 1. The molecule has 0 radical (unpaired) electrons. The monoisotopic (exact) mass is 190 g/mol. The number of fused-ring (bicyclic) bond motifs is 1. The van der Waals surface area contributed by atoms with E-state index in [4.69, 9.17) is 5.11 Å². The second kappa shape index (κ2) is 3.49. The first-order valence-electron chi connectivity index (χ1n) is 4.39. The summed E-state index contributed by atoms with van der Waals surface area (Å²) in [5, 5.41) is 8.56. The molecule has 4 nitrogen and oxygen atoms in total. The molecule has 0 saturated heterocycles. The summed E-state index contributed by atoms with van der Waals surface area (Å²) in [6.07, 6.45) is 3.73. The molecule has 14 heavy (non-hydrogen) atoms. The SMILES string of the molecule is O=C(O)CCn1ccc2ncccc21. The van der Waals surface area contributed by atoms with Gasteiger partial charge in [-0.05, 0) is 18.2 Å². The van der Waals surface area contributed by atoms with E-state index < -0.39 is 5.97 Å². The number of carboxylic acid groups (broad SMARTS) is 1. The summed E-state index contributed by atoms with van der Waals surface area (Å²) in [5.41, 5.74) is 1.88. The summed E-state index contributed by atoms with van der Waals surface area (Å²) in [7, 11) is 0. The van der Waals surface area contributed by atoms with Crippen LogP contribution >= 0.6 is 0 Å². The van der Waals surface area contributed by atoms with Crippen LogP contribution in [0, 0.1) is 0 Å². The van der Waals surface area contributed by atoms with Gasteiger partial charge >= 0.3 is 5.97 Å². The van der Waals surface area contributed by atoms with E-state index in [1.54, 1.807) is 6.20 Å². The van der Waals surface area contributed by atoms with Crippen LogP contribution in [0.1, 0.15) is 6.42 Å². The fraction of sp³-hybridized carbons (Fsp3) is 0.200. The fourth-order valence-electron chi connectivity index (χ4n) is 1.43. The third-order valence-corrected chi connectivity index (χ3v) is 2.10. The van der Waals surface area contributed by atoms with Crippen molar-refractivity contribution in [3.05, 3.63) is 30.6 Å². The van der Waals surface area contributed by atoms with Crippen molar-refractivity contribution < 1.29 is 9.90 Å². The summed E-state index contributed by atoms with van der Waals surface area (Å²) in [6.45, 7) is 0.491. The standard InChI is InChI=1S/C10H10N2O2/c13-10(14)4-7-12-6-3-8-9(12)2-1-5-11-8/h1-3,5-6H,4,7H2,(H,13,14). The van der Waals surface area contributed by atoms with Crippen molar-refractivity contribution in [1.29, 1.82) is 0 Å². The molecule has 0 bridgehead atoms. The average molecular weight is 190 g/mol. The van der Waals surface area contributed by atoms with Gasteiger partial charge in [-0.2, -0.15) is 0 Å². The summed E-state index contributed by atoms with van der Waals surface area (Å²) in [6, 6.07) is 5.67. The number of aliphatic carboxylic acids is 1. The highest BCUT2D eigenvalue weighted by molar-refractivity contribution is 5.75. The van der Waals surface area contributed by atoms with Crippen LogP contribution in [0.2, 0.25) is 0 Å². The summed E-state index contributed by atoms with van der Waals surface area (Å²) < 4.78 is 1.90. The maximum Gasteiger partial charge on any atom is 0.305 e. The maximum absolute atomic E-state index is 10.4. The Bertz CT molecular complexity index is 462. The molecule has 0 saturated carbocycles. The van der Waals surface area contributed by atoms with Crippen molar-refractivity contribution in [3.8, 4) is 0 Å². The molecule has 0 aromatic carbocycles. The number of hydrogen-bond donors (Lipinski definition) is 1. The highest BCUT2D eigenvalue weighted by Crippen LogP contribution is 2.12. The van der Waals surface area contributed by atoms with E-state index in [1.165, 1.54) is 0 Å². The Morgan fingerprint density at radius 2 is 2.36 bits per heavy atom. The Hall–Kier alpha value is -1.84. The Morgan fingerprint density at radius 1 is 1.50 bits per heavy atom. The van der Waals surface area contributed by atoms with E-state index in [9.17, 15) is 4.79 Å². The van der Waals surface area contributed by atoms with Crippen LogP contribution in [0.5, 0.6) is 0 Å². The third-order valence-electron chi connectivity index (χ3n) is 2.10. The van der Waals surface area contributed by atoms with E-state index in [-0.39, 0.29) is 6.42 Å². The molecular weight excluding hydrogens is 180 g/mol. The minimum atomic E-state index is -0.782. The van der Waals surface area contributed by atoms with E-state index in [0.717, 1.165) is 11.0 Å². The first-order valence-corrected chi connectivity index (χ1v) is 4.39. The lowest BCUT2D eigenvalue weighted by Crippen LogP contribution is -2.03. The first kappa shape index (κ1) is 8.74. The molecule has 2 heterocycles. The Labute approximate surface area is 80.8 Å². The number of carbonyl (C=O) groups is 1. The second-order valence-electron chi connectivity index (χ2n) is 3.06. The fourth-order valence-corrected chi connectivity index (χ4v) is 1.43. The van der Waals surface area contributed by atoms with Gasteiger partial charge in [-0.25, -0.2) is 0 Å². The molecule has 1 N–H and O–H groups in total. The average Bonchev–Trinajstić information content (AvgIpc) is 2.58. The number of aromatic nitrogens is 2. The molecule has 0 amide bonds. The van der Waals surface area contributed by atoms with Gasteiger partial charge in [0, 0.05) is 18.9 Å². The lowest BCUT2D eigenvalue weighted by Gasteiger charge is -2.01. The van der Waals surface area contributed by atoms with Crippen LogP contribution < -0.4 is 0 Å². The van der Waals surface area contributed by atoms with Gasteiger partial charge < -0.3 is 9.67 Å². The van der Waals surface area contributed by atoms with Crippen LogP contribution in [-0.4, -0.2) is 20.6 Å². The third kappa shape index (κ3) is 1.59. The number of nitrogens with zero attached hydrogens (tertiary/aromatic N) is 2. The zero-order valence-corrected chi connectivity index (χ0v) is 7.55. The van der Waals surface area contributed by atoms with Crippen LogP contribution in [0.3, 0.4) is 0 Å². The van der Waals surface area contributed by atoms with Crippen molar-refractivity contribution in [1.82, 2.24) is 9.55 Å². The summed E-state index contributed by atoms with van der Waals surface area (Å²) >= 11 is 0. The van der Waals surface area contributed by atoms with Crippen molar-refractivity contribution in [2.45, 2.75) is 13.0 Å². The summed E-state index contributed by atoms with van der Waals surface area (Å²) in [4.78, 5) is 14.6. The van der Waals surface area contributed by atoms with Gasteiger partial charge in [0.2, 0.25) is 0 Å². The van der Waals surface area contributed by atoms with Crippen molar-refractivity contribution in [2.75, 3.05) is 0 Å². The van der Waals surface area contributed by atoms with E-state index in [2.05, 4.69) is 4.98 Å². The van der Waals surface area contributed by atoms with E-state index in [1.807, 2.05) is 29.0 Å². The normalized spacial score (nSPS) is 10.6. The Morgan fingerprint density at radius 3 is 3.14 bits per heavy atom. The van der Waals surface area contributed by atoms with Crippen molar-refractivity contribution in [2.24, 2.45) is 0 Å². The minimum Gasteiger partial charge on any atom is -0.481 e. The molecule has 0 aliphatic rings. The zero-order valence-electron chi connectivity index (χ0n) is 7.55. The molecule has 0 aliphatic carbocycles. The number of hydrogen-bond acceptors (Lipinski definition) is 2. The van der Waals surface area contributed by atoms with Crippen LogP contribution in [0.25, 0.3) is 11.0 Å². The van der Waals surface area contributed by atoms with Gasteiger partial charge in [0.25, 0.3) is 0 Å². The predicted octanol–water partition coefficient (Wildman–Crippen LogP) is 1.51. The zero-order chi connectivity index (χ0) is 9.97. The van der Waals surface area contributed by atoms with Gasteiger partial charge in [-0.15, -0.1) is 0 Å². The van der Waals surface area contributed by atoms with E-state index in [0.29, 0.717) is 6.54 Å². The van der Waals surface area contributed by atoms with Gasteiger partial charge in [0.05, 0.1) is 17.5 Å². The van der Waals surface area contributed by atoms with Gasteiger partial charge in [-0.1, -0.05) is 0 Å². The molecule has 72 valence electrons. The van der Waals surface area contributed by atoms with Gasteiger partial charge in [0.15, 0.2) is 0 Å². The van der Waals surface area contributed by atoms with Crippen molar-refractivity contribution in [3.63, 3.8) is 0 Å². The molecular formula is C10H10N2O2. The molecule has 0 spiro atoms. The lowest BCUT2D eigenvalue weighted by atomic mass is 10.4. The number of carboxylic acids is 1. The maximum atomic E-state index is 10.4. The molecule has 0 fully saturated rings. The highest BCUT2D eigenvalue weighted by Gasteiger charge is 2.02. The van der Waals surface area contributed by atoms with Crippen LogP contribution in [0.15, 0.2) is 30.6 Å². The Kier molecular flexibility index (Phi) is 2.18. The Balaban J connectivity index is 2.29. The predicted molar refractivity (Wildman–Crippen MR) is 52.0 cm³/mol. The second-order valence-corrected chi connectivity index (χ2v) is 3.06. The molecule has 4 heteroatoms. The smallest absolute Gasteiger partial charge is 0.305 e. The molecule has 0 atom stereocenters. The molecule has 2 aromatic heterocycles. The number of aryl methyl sites for hydroxylation is 1. The highest BCUT2D eigenvalue weighted by atomic mass is 16.4. The first-order chi connectivity index (χ1) is 6.77. The van der Waals surface area contributed by atoms with Gasteiger partial charge in [0.1, 0.15) is 0 Å². The summed E-state index contributed by atoms with van der Waals surface area (Å²) in [5.74, 6) is -0.782. The molecule has 0 unspecified atom stereocenters. The molecule has 2 rings (SSSR count). The molecule has 0 aliphatic heterocycles. The van der Waals surface area contributed by atoms with E-state index >= 15 is 0 Å². The number of rotatable bonds is 3. The van der Waals surface area contributed by atoms with Crippen LogP contribution in [-0.2, 0) is 11.3 Å². The molecule has 2 aromatic rings. The topological polar surface area (TPSA) is 55.1 Å². The largest absolute Gasteiger partial charge is 0.481 e. The quantitative estimate of drug-likeness (QED) is 0.798. The minimum absolute atomic E-state index is 0.138. The van der Waals surface area contributed by atoms with Crippen molar-refractivity contribution >= 4 is 17.0 Å². The van der Waals surface area contributed by atoms with Gasteiger partial charge in [-0.3, -0.25) is 9.78 Å². The lowest BCUT2D eigenvalue weighted by molar-refractivity contribution is -0.137. The van der Waals surface area contributed by atoms with Crippen LogP contribution in [0.4, 0.5) is 0 Å².